The Kier molecular flexibility index (Phi) is 6.02. The molecule has 4 heteroatoms. The van der Waals surface area contributed by atoms with Gasteiger partial charge in [-0.3, -0.25) is 9.78 Å². The molecule has 0 aliphatic carbocycles. The Morgan fingerprint density at radius 2 is 1.92 bits per heavy atom. The monoisotopic (exact) mass is 329 g/mol. The highest BCUT2D eigenvalue weighted by atomic mass is 16.1. The van der Waals surface area contributed by atoms with Crippen LogP contribution in [0.2, 0.25) is 0 Å². The van der Waals surface area contributed by atoms with Gasteiger partial charge in [0, 0.05) is 29.2 Å². The zero-order valence-corrected chi connectivity index (χ0v) is 14.3. The molecule has 1 amide bonds. The van der Waals surface area contributed by atoms with Crippen LogP contribution in [-0.4, -0.2) is 10.9 Å². The first-order chi connectivity index (χ1) is 12.0. The summed E-state index contributed by atoms with van der Waals surface area (Å²) in [6, 6.07) is 12.8. The zero-order valence-electron chi connectivity index (χ0n) is 14.3. The van der Waals surface area contributed by atoms with Gasteiger partial charge in [0.15, 0.2) is 0 Å². The van der Waals surface area contributed by atoms with Gasteiger partial charge in [-0.1, -0.05) is 30.4 Å². The summed E-state index contributed by atoms with van der Waals surface area (Å²) >= 11 is 0. The molecule has 1 aromatic heterocycles. The van der Waals surface area contributed by atoms with Gasteiger partial charge in [-0.05, 0) is 49.8 Å². The van der Waals surface area contributed by atoms with Gasteiger partial charge in [0.2, 0.25) is 0 Å². The highest BCUT2D eigenvalue weighted by Gasteiger charge is 2.08. The quantitative estimate of drug-likeness (QED) is 0.834. The van der Waals surface area contributed by atoms with Crippen LogP contribution in [0, 0.1) is 11.3 Å². The largest absolute Gasteiger partial charge is 0.322 e. The summed E-state index contributed by atoms with van der Waals surface area (Å²) in [6.07, 6.45) is 6.63. The van der Waals surface area contributed by atoms with Gasteiger partial charge < -0.3 is 5.32 Å². The first-order valence-corrected chi connectivity index (χ1v) is 7.78. The van der Waals surface area contributed by atoms with E-state index in [2.05, 4.69) is 22.9 Å². The third-order valence-electron chi connectivity index (χ3n) is 3.53. The van der Waals surface area contributed by atoms with Crippen molar-refractivity contribution in [2.45, 2.75) is 13.8 Å². The van der Waals surface area contributed by atoms with E-state index in [0.29, 0.717) is 16.8 Å². The van der Waals surface area contributed by atoms with Crippen molar-refractivity contribution < 1.29 is 4.79 Å². The van der Waals surface area contributed by atoms with E-state index in [9.17, 15) is 4.79 Å². The third kappa shape index (κ3) is 4.76. The fourth-order valence-corrected chi connectivity index (χ4v) is 2.26. The molecule has 0 spiro atoms. The number of hydrogen-bond donors (Lipinski definition) is 1. The molecule has 0 unspecified atom stereocenters. The Morgan fingerprint density at radius 1 is 1.20 bits per heavy atom. The molecule has 0 aliphatic rings. The minimum absolute atomic E-state index is 0.205. The highest BCUT2D eigenvalue weighted by Crippen LogP contribution is 2.21. The molecule has 2 aromatic rings. The van der Waals surface area contributed by atoms with Gasteiger partial charge in [0.1, 0.15) is 6.07 Å². The summed E-state index contributed by atoms with van der Waals surface area (Å²) in [7, 11) is 0. The lowest BCUT2D eigenvalue weighted by molar-refractivity contribution is 0.0967. The summed E-state index contributed by atoms with van der Waals surface area (Å²) in [4.78, 5) is 16.4. The van der Waals surface area contributed by atoms with E-state index in [-0.39, 0.29) is 5.91 Å². The normalized spacial score (nSPS) is 10.5. The lowest BCUT2D eigenvalue weighted by Crippen LogP contribution is -2.21. The molecule has 0 saturated carbocycles. The highest BCUT2D eigenvalue weighted by molar-refractivity contribution is 5.96. The number of pyridine rings is 1. The molecule has 0 fully saturated rings. The van der Waals surface area contributed by atoms with Crippen molar-refractivity contribution in [3.05, 3.63) is 95.5 Å². The first-order valence-electron chi connectivity index (χ1n) is 7.78. The standard InChI is InChI=1S/C21H19N3O/c1-4-19(24-21(25)17-8-6-5-7-9-17)11-20(15(2)3)18-10-16(12-22)13-23-14-18/h4-11,13-14H,1H2,2-3H3,(H,24,25)/b19-11+. The number of nitrogens with zero attached hydrogens (tertiary/aromatic N) is 2. The van der Waals surface area contributed by atoms with Crippen LogP contribution in [0.4, 0.5) is 0 Å². The van der Waals surface area contributed by atoms with Gasteiger partial charge >= 0.3 is 0 Å². The summed E-state index contributed by atoms with van der Waals surface area (Å²) < 4.78 is 0. The second-order valence-corrected chi connectivity index (χ2v) is 5.61. The minimum Gasteiger partial charge on any atom is -0.322 e. The smallest absolute Gasteiger partial charge is 0.255 e. The van der Waals surface area contributed by atoms with Crippen LogP contribution in [-0.2, 0) is 0 Å². The number of nitriles is 1. The summed E-state index contributed by atoms with van der Waals surface area (Å²) in [5.41, 5.74) is 4.36. The van der Waals surface area contributed by atoms with Crippen LogP contribution in [0.5, 0.6) is 0 Å². The molecule has 0 aliphatic heterocycles. The van der Waals surface area contributed by atoms with Crippen molar-refractivity contribution in [2.75, 3.05) is 0 Å². The number of benzene rings is 1. The Morgan fingerprint density at radius 3 is 2.52 bits per heavy atom. The van der Waals surface area contributed by atoms with E-state index < -0.39 is 0 Å². The van der Waals surface area contributed by atoms with Crippen molar-refractivity contribution in [1.29, 1.82) is 5.26 Å². The number of carbonyl (C=O) groups excluding carboxylic acids is 1. The van der Waals surface area contributed by atoms with Gasteiger partial charge in [0.25, 0.3) is 5.91 Å². The maximum absolute atomic E-state index is 12.3. The fourth-order valence-electron chi connectivity index (χ4n) is 2.26. The second kappa shape index (κ2) is 8.42. The van der Waals surface area contributed by atoms with E-state index >= 15 is 0 Å². The molecule has 124 valence electrons. The molecule has 1 heterocycles. The average molecular weight is 329 g/mol. The van der Waals surface area contributed by atoms with Gasteiger partial charge in [-0.15, -0.1) is 0 Å². The van der Waals surface area contributed by atoms with Crippen LogP contribution in [0.1, 0.15) is 35.3 Å². The van der Waals surface area contributed by atoms with Crippen LogP contribution in [0.15, 0.2) is 78.8 Å². The second-order valence-electron chi connectivity index (χ2n) is 5.61. The molecule has 0 bridgehead atoms. The summed E-state index contributed by atoms with van der Waals surface area (Å²) in [6.45, 7) is 7.70. The summed E-state index contributed by atoms with van der Waals surface area (Å²) in [5.74, 6) is -0.205. The minimum atomic E-state index is -0.205. The van der Waals surface area contributed by atoms with Crippen molar-refractivity contribution in [2.24, 2.45) is 0 Å². The molecule has 0 saturated heterocycles. The predicted molar refractivity (Wildman–Crippen MR) is 99.4 cm³/mol. The molecule has 1 N–H and O–H groups in total. The molecule has 4 nitrogen and oxygen atoms in total. The maximum Gasteiger partial charge on any atom is 0.255 e. The number of allylic oxidation sites excluding steroid dienone is 4. The van der Waals surface area contributed by atoms with Crippen LogP contribution < -0.4 is 5.32 Å². The van der Waals surface area contributed by atoms with Gasteiger partial charge in [-0.25, -0.2) is 0 Å². The van der Waals surface area contributed by atoms with Crippen molar-refractivity contribution >= 4 is 11.5 Å². The van der Waals surface area contributed by atoms with Crippen LogP contribution >= 0.6 is 0 Å². The molecule has 2 rings (SSSR count). The van der Waals surface area contributed by atoms with E-state index in [1.165, 1.54) is 6.20 Å². The van der Waals surface area contributed by atoms with E-state index in [4.69, 9.17) is 5.26 Å². The number of carbonyl (C=O) groups is 1. The predicted octanol–water partition coefficient (Wildman–Crippen LogP) is 4.25. The lowest BCUT2D eigenvalue weighted by atomic mass is 10.0. The van der Waals surface area contributed by atoms with Crippen molar-refractivity contribution in [3.63, 3.8) is 0 Å². The van der Waals surface area contributed by atoms with Crippen molar-refractivity contribution in [3.8, 4) is 6.07 Å². The van der Waals surface area contributed by atoms with Crippen LogP contribution in [0.25, 0.3) is 5.57 Å². The van der Waals surface area contributed by atoms with Gasteiger partial charge in [0.05, 0.1) is 5.56 Å². The number of rotatable bonds is 5. The third-order valence-corrected chi connectivity index (χ3v) is 3.53. The molecule has 1 aromatic carbocycles. The summed E-state index contributed by atoms with van der Waals surface area (Å²) in [5, 5.41) is 11.9. The van der Waals surface area contributed by atoms with E-state index in [0.717, 1.165) is 16.7 Å². The molecule has 25 heavy (non-hydrogen) atoms. The number of aromatic nitrogens is 1. The Labute approximate surface area is 147 Å². The number of hydrogen-bond acceptors (Lipinski definition) is 3. The molecule has 0 atom stereocenters. The maximum atomic E-state index is 12.3. The fraction of sp³-hybridized carbons (Fsp3) is 0.0952. The van der Waals surface area contributed by atoms with Crippen LogP contribution in [0.3, 0.4) is 0 Å². The topological polar surface area (TPSA) is 65.8 Å². The van der Waals surface area contributed by atoms with E-state index in [1.807, 2.05) is 38.1 Å². The van der Waals surface area contributed by atoms with Gasteiger partial charge in [-0.2, -0.15) is 5.26 Å². The zero-order chi connectivity index (χ0) is 18.2. The molecular weight excluding hydrogens is 310 g/mol. The van der Waals surface area contributed by atoms with E-state index in [1.54, 1.807) is 30.5 Å². The Bertz CT molecular complexity index is 883. The Hall–Kier alpha value is -3.45. The number of nitrogens with one attached hydrogen (secondary N) is 1. The molecule has 0 radical (unpaired) electrons. The SMILES string of the molecule is C=C/C(=C\C(=C(C)C)c1cncc(C#N)c1)NC(=O)c1ccccc1. The number of amides is 1. The lowest BCUT2D eigenvalue weighted by Gasteiger charge is -2.10. The Balaban J connectivity index is 2.35. The van der Waals surface area contributed by atoms with Crippen molar-refractivity contribution in [1.82, 2.24) is 10.3 Å². The first kappa shape index (κ1) is 17.9. The molecular formula is C21H19N3O. The average Bonchev–Trinajstić information content (AvgIpc) is 2.65.